The van der Waals surface area contributed by atoms with Crippen LogP contribution in [0.4, 0.5) is 0 Å². The van der Waals surface area contributed by atoms with E-state index in [1.54, 1.807) is 6.07 Å². The average molecular weight is 319 g/mol. The van der Waals surface area contributed by atoms with Crippen LogP contribution in [0.3, 0.4) is 0 Å². The summed E-state index contributed by atoms with van der Waals surface area (Å²) in [4.78, 5) is 16.7. The maximum absolute atomic E-state index is 11.6. The number of hydrogen-bond donors (Lipinski definition) is 0. The fraction of sp³-hybridized carbons (Fsp3) is 0.615. The van der Waals surface area contributed by atoms with Crippen molar-refractivity contribution in [2.45, 2.75) is 0 Å². The molecule has 0 aromatic carbocycles. The van der Waals surface area contributed by atoms with Gasteiger partial charge >= 0.3 is 5.97 Å². The molecular weight excluding hydrogens is 300 g/mol. The third-order valence-corrected chi connectivity index (χ3v) is 4.53. The number of thiophene rings is 1. The molecule has 0 spiro atoms. The number of hydrogen-bond acceptors (Lipinski definition) is 6. The van der Waals surface area contributed by atoms with Gasteiger partial charge in [0.25, 0.3) is 0 Å². The Bertz CT molecular complexity index is 458. The van der Waals surface area contributed by atoms with Crippen LogP contribution in [0.15, 0.2) is 6.07 Å². The number of ether oxygens (including phenoxy) is 2. The van der Waals surface area contributed by atoms with Crippen LogP contribution in [0.5, 0.6) is 5.75 Å². The molecule has 2 rings (SSSR count). The van der Waals surface area contributed by atoms with Gasteiger partial charge in [0.15, 0.2) is 4.88 Å². The molecule has 1 saturated heterocycles. The normalized spacial score (nSPS) is 17.1. The van der Waals surface area contributed by atoms with E-state index < -0.39 is 5.97 Å². The number of methoxy groups -OCH3 is 1. The summed E-state index contributed by atoms with van der Waals surface area (Å²) in [7, 11) is 3.48. The van der Waals surface area contributed by atoms with Gasteiger partial charge in [-0.1, -0.05) is 11.6 Å². The Morgan fingerprint density at radius 1 is 1.40 bits per heavy atom. The van der Waals surface area contributed by atoms with Crippen LogP contribution >= 0.6 is 22.9 Å². The average Bonchev–Trinajstić information content (AvgIpc) is 2.81. The second-order valence-corrected chi connectivity index (χ2v) is 6.41. The summed E-state index contributed by atoms with van der Waals surface area (Å²) in [5, 5.41) is 0. The summed E-state index contributed by atoms with van der Waals surface area (Å²) in [5.74, 6) is 0.109. The first-order valence-electron chi connectivity index (χ1n) is 6.51. The molecule has 0 unspecified atom stereocenters. The topological polar surface area (TPSA) is 42.0 Å². The Morgan fingerprint density at radius 2 is 2.10 bits per heavy atom. The molecule has 0 aliphatic carbocycles. The molecule has 1 fully saturated rings. The molecule has 0 atom stereocenters. The van der Waals surface area contributed by atoms with Gasteiger partial charge < -0.3 is 14.4 Å². The van der Waals surface area contributed by atoms with E-state index in [0.717, 1.165) is 32.7 Å². The molecule has 0 radical (unpaired) electrons. The Balaban J connectivity index is 1.83. The van der Waals surface area contributed by atoms with Gasteiger partial charge in [-0.3, -0.25) is 4.90 Å². The smallest absolute Gasteiger partial charge is 0.351 e. The highest BCUT2D eigenvalue weighted by atomic mass is 35.5. The third kappa shape index (κ3) is 4.09. The monoisotopic (exact) mass is 318 g/mol. The Hall–Kier alpha value is -0.820. The van der Waals surface area contributed by atoms with E-state index in [4.69, 9.17) is 21.1 Å². The van der Waals surface area contributed by atoms with Gasteiger partial charge in [-0.15, -0.1) is 11.3 Å². The molecule has 1 aliphatic heterocycles. The van der Waals surface area contributed by atoms with Crippen molar-refractivity contribution in [1.82, 2.24) is 9.80 Å². The number of esters is 1. The third-order valence-electron chi connectivity index (χ3n) is 3.30. The maximum atomic E-state index is 11.6. The number of rotatable bonds is 5. The second-order valence-electron chi connectivity index (χ2n) is 4.73. The minimum atomic E-state index is -0.406. The number of likely N-dealkylation sites (N-methyl/N-ethyl adjacent to an activating group) is 1. The van der Waals surface area contributed by atoms with Crippen LogP contribution in [-0.4, -0.2) is 69.3 Å². The zero-order valence-corrected chi connectivity index (χ0v) is 13.3. The van der Waals surface area contributed by atoms with Gasteiger partial charge in [0.1, 0.15) is 12.4 Å². The molecule has 1 aromatic rings. The molecule has 0 amide bonds. The van der Waals surface area contributed by atoms with Crippen LogP contribution in [0.1, 0.15) is 9.67 Å². The standard InChI is InChI=1S/C13H19ClN2O3S/c1-15-3-5-16(6-4-15)7-8-19-10-9-11(14)20-12(10)13(17)18-2/h9H,3-8H2,1-2H3. The van der Waals surface area contributed by atoms with Crippen molar-refractivity contribution in [3.8, 4) is 5.75 Å². The zero-order valence-electron chi connectivity index (χ0n) is 11.7. The lowest BCUT2D eigenvalue weighted by Crippen LogP contribution is -2.45. The first-order valence-corrected chi connectivity index (χ1v) is 7.71. The minimum Gasteiger partial charge on any atom is -0.490 e. The van der Waals surface area contributed by atoms with E-state index in [9.17, 15) is 4.79 Å². The van der Waals surface area contributed by atoms with Gasteiger partial charge in [-0.05, 0) is 7.05 Å². The van der Waals surface area contributed by atoms with Gasteiger partial charge in [-0.25, -0.2) is 4.79 Å². The summed E-state index contributed by atoms with van der Waals surface area (Å²) in [5.41, 5.74) is 0. The maximum Gasteiger partial charge on any atom is 0.351 e. The molecule has 0 saturated carbocycles. The van der Waals surface area contributed by atoms with Crippen LogP contribution < -0.4 is 4.74 Å². The lowest BCUT2D eigenvalue weighted by Gasteiger charge is -2.32. The summed E-state index contributed by atoms with van der Waals surface area (Å²) in [6, 6.07) is 1.67. The predicted molar refractivity (Wildman–Crippen MR) is 80.1 cm³/mol. The lowest BCUT2D eigenvalue weighted by atomic mass is 10.3. The Kier molecular flexibility index (Phi) is 5.65. The molecule has 0 N–H and O–H groups in total. The molecule has 1 aliphatic rings. The van der Waals surface area contributed by atoms with Crippen molar-refractivity contribution in [3.63, 3.8) is 0 Å². The second kappa shape index (κ2) is 7.26. The molecule has 5 nitrogen and oxygen atoms in total. The van der Waals surface area contributed by atoms with E-state index in [1.807, 2.05) is 0 Å². The molecule has 7 heteroatoms. The first-order chi connectivity index (χ1) is 9.60. The Labute approximate surface area is 128 Å². The minimum absolute atomic E-state index is 0.406. The quantitative estimate of drug-likeness (QED) is 0.775. The highest BCUT2D eigenvalue weighted by Crippen LogP contribution is 2.33. The van der Waals surface area contributed by atoms with Crippen LogP contribution in [0, 0.1) is 0 Å². The lowest BCUT2D eigenvalue weighted by molar-refractivity contribution is 0.0601. The largest absolute Gasteiger partial charge is 0.490 e. The highest BCUT2D eigenvalue weighted by Gasteiger charge is 2.18. The van der Waals surface area contributed by atoms with E-state index in [-0.39, 0.29) is 0 Å². The van der Waals surface area contributed by atoms with E-state index in [2.05, 4.69) is 16.8 Å². The first kappa shape index (κ1) is 15.6. The highest BCUT2D eigenvalue weighted by molar-refractivity contribution is 7.18. The number of piperazine rings is 1. The molecular formula is C13H19ClN2O3S. The van der Waals surface area contributed by atoms with E-state index >= 15 is 0 Å². The molecule has 20 heavy (non-hydrogen) atoms. The van der Waals surface area contributed by atoms with Gasteiger partial charge in [0.2, 0.25) is 0 Å². The van der Waals surface area contributed by atoms with Crippen molar-refractivity contribution in [3.05, 3.63) is 15.3 Å². The molecule has 112 valence electrons. The van der Waals surface area contributed by atoms with Crippen molar-refractivity contribution in [2.24, 2.45) is 0 Å². The summed E-state index contributed by atoms with van der Waals surface area (Å²) < 4.78 is 10.9. The summed E-state index contributed by atoms with van der Waals surface area (Å²) >= 11 is 7.10. The Morgan fingerprint density at radius 3 is 2.75 bits per heavy atom. The van der Waals surface area contributed by atoms with Crippen LogP contribution in [0.2, 0.25) is 4.34 Å². The molecule has 1 aromatic heterocycles. The van der Waals surface area contributed by atoms with E-state index in [1.165, 1.54) is 18.4 Å². The van der Waals surface area contributed by atoms with Crippen LogP contribution in [-0.2, 0) is 4.74 Å². The van der Waals surface area contributed by atoms with Gasteiger partial charge in [0.05, 0.1) is 11.4 Å². The SMILES string of the molecule is COC(=O)c1sc(Cl)cc1OCCN1CCN(C)CC1. The number of carbonyl (C=O) groups is 1. The molecule has 0 bridgehead atoms. The fourth-order valence-electron chi connectivity index (χ4n) is 2.04. The van der Waals surface area contributed by atoms with Crippen LogP contribution in [0.25, 0.3) is 0 Å². The fourth-order valence-corrected chi connectivity index (χ4v) is 3.12. The van der Waals surface area contributed by atoms with E-state index in [0.29, 0.717) is 21.6 Å². The van der Waals surface area contributed by atoms with Crippen molar-refractivity contribution >= 4 is 28.9 Å². The van der Waals surface area contributed by atoms with Gasteiger partial charge in [-0.2, -0.15) is 0 Å². The number of carbonyl (C=O) groups excluding carboxylic acids is 1. The number of nitrogens with zero attached hydrogens (tertiary/aromatic N) is 2. The number of halogens is 1. The summed E-state index contributed by atoms with van der Waals surface area (Å²) in [6.07, 6.45) is 0. The van der Waals surface area contributed by atoms with Gasteiger partial charge in [0, 0.05) is 38.8 Å². The van der Waals surface area contributed by atoms with Crippen molar-refractivity contribution < 1.29 is 14.3 Å². The summed E-state index contributed by atoms with van der Waals surface area (Å²) in [6.45, 7) is 5.65. The zero-order chi connectivity index (χ0) is 14.5. The van der Waals surface area contributed by atoms with Crippen molar-refractivity contribution in [1.29, 1.82) is 0 Å². The van der Waals surface area contributed by atoms with Crippen molar-refractivity contribution in [2.75, 3.05) is 53.5 Å². The predicted octanol–water partition coefficient (Wildman–Crippen LogP) is 1.81. The molecule has 2 heterocycles.